The summed E-state index contributed by atoms with van der Waals surface area (Å²) in [6, 6.07) is 8.31. The molecule has 55 heavy (non-hydrogen) atoms. The fraction of sp³-hybridized carbons (Fsp3) is 0.692. The van der Waals surface area contributed by atoms with Gasteiger partial charge in [0.15, 0.2) is 5.82 Å². The number of aromatic nitrogens is 4. The van der Waals surface area contributed by atoms with Crippen LogP contribution >= 0.6 is 7.82 Å². The van der Waals surface area contributed by atoms with Gasteiger partial charge in [-0.05, 0) is 37.6 Å². The van der Waals surface area contributed by atoms with Gasteiger partial charge in [0, 0.05) is 6.61 Å². The number of fused-ring (bicyclic) bond motifs is 1. The van der Waals surface area contributed by atoms with Crippen molar-refractivity contribution < 1.29 is 42.9 Å². The van der Waals surface area contributed by atoms with Gasteiger partial charge in [-0.15, -0.1) is 0 Å². The average molecular weight is 789 g/mol. The van der Waals surface area contributed by atoms with E-state index in [1.807, 2.05) is 6.07 Å². The molecule has 0 saturated carbocycles. The van der Waals surface area contributed by atoms with Crippen LogP contribution in [0.4, 0.5) is 5.82 Å². The van der Waals surface area contributed by atoms with Crippen LogP contribution in [-0.4, -0.2) is 85.0 Å². The van der Waals surface area contributed by atoms with Crippen molar-refractivity contribution in [2.75, 3.05) is 32.2 Å². The smallest absolute Gasteiger partial charge is 0.472 e. The molecule has 4 rings (SSSR count). The topological polar surface area (TPSA) is 217 Å². The number of hydrogen-bond acceptors (Lipinski definition) is 13. The van der Waals surface area contributed by atoms with E-state index in [-0.39, 0.29) is 24.7 Å². The van der Waals surface area contributed by atoms with Gasteiger partial charge in [0.25, 0.3) is 0 Å². The molecule has 15 nitrogen and oxygen atoms in total. The van der Waals surface area contributed by atoms with Crippen molar-refractivity contribution in [3.8, 4) is 11.8 Å². The van der Waals surface area contributed by atoms with E-state index in [9.17, 15) is 19.7 Å². The number of nitrogen functional groups attached to an aromatic ring is 1. The summed E-state index contributed by atoms with van der Waals surface area (Å²) in [5, 5.41) is 35.0. The van der Waals surface area contributed by atoms with Crippen LogP contribution in [0.25, 0.3) is 5.52 Å². The monoisotopic (exact) mass is 788 g/mol. The number of nitrogens with zero attached hydrogens (tertiary/aromatic N) is 5. The van der Waals surface area contributed by atoms with Crippen LogP contribution in [0.2, 0.25) is 0 Å². The fourth-order valence-corrected chi connectivity index (χ4v) is 7.56. The molecule has 306 valence electrons. The second kappa shape index (κ2) is 23.1. The minimum atomic E-state index is -4.72. The SMILES string of the molecule is CCCCCCCCCCCCCCCCCCOC[C@@H](COP(=O)(O)OC[C@@]1(C)O[C@@H](c2ccc3c(N)ncnn23)[C@H](O)[C@@H]1O)Oc1ccc(C#N)nc1. The first-order valence-electron chi connectivity index (χ1n) is 19.9. The highest BCUT2D eigenvalue weighted by Gasteiger charge is 2.53. The van der Waals surface area contributed by atoms with Crippen LogP contribution in [0.5, 0.6) is 5.75 Å². The van der Waals surface area contributed by atoms with Crippen molar-refractivity contribution in [3.63, 3.8) is 0 Å². The van der Waals surface area contributed by atoms with Crippen LogP contribution < -0.4 is 10.5 Å². The van der Waals surface area contributed by atoms with Gasteiger partial charge in [0.1, 0.15) is 59.4 Å². The third-order valence-corrected chi connectivity index (χ3v) is 10.9. The number of phosphoric acid groups is 1. The number of nitrogens with two attached hydrogens (primary N) is 1. The highest BCUT2D eigenvalue weighted by Crippen LogP contribution is 2.47. The van der Waals surface area contributed by atoms with Gasteiger partial charge < -0.3 is 35.1 Å². The molecule has 0 bridgehead atoms. The summed E-state index contributed by atoms with van der Waals surface area (Å²) in [6.45, 7) is 3.30. The Morgan fingerprint density at radius 1 is 0.927 bits per heavy atom. The predicted octanol–water partition coefficient (Wildman–Crippen LogP) is 6.99. The highest BCUT2D eigenvalue weighted by atomic mass is 31.2. The fourth-order valence-electron chi connectivity index (χ4n) is 6.72. The van der Waals surface area contributed by atoms with E-state index in [0.29, 0.717) is 23.6 Å². The Morgan fingerprint density at radius 3 is 2.16 bits per heavy atom. The lowest BCUT2D eigenvalue weighted by Gasteiger charge is -2.28. The molecule has 6 atom stereocenters. The lowest BCUT2D eigenvalue weighted by Crippen LogP contribution is -2.44. The Balaban J connectivity index is 1.16. The van der Waals surface area contributed by atoms with Gasteiger partial charge in [-0.2, -0.15) is 10.4 Å². The molecule has 1 saturated heterocycles. The molecule has 1 aliphatic heterocycles. The molecule has 3 aromatic heterocycles. The number of nitriles is 1. The first kappa shape index (κ1) is 44.5. The highest BCUT2D eigenvalue weighted by molar-refractivity contribution is 7.47. The van der Waals surface area contributed by atoms with E-state index in [1.165, 1.54) is 114 Å². The van der Waals surface area contributed by atoms with Gasteiger partial charge in [-0.25, -0.2) is 19.0 Å². The number of anilines is 1. The van der Waals surface area contributed by atoms with Gasteiger partial charge >= 0.3 is 7.82 Å². The van der Waals surface area contributed by atoms with Crippen LogP contribution in [0.15, 0.2) is 36.8 Å². The first-order valence-corrected chi connectivity index (χ1v) is 21.4. The molecule has 4 heterocycles. The minimum absolute atomic E-state index is 0.0610. The molecule has 16 heteroatoms. The summed E-state index contributed by atoms with van der Waals surface area (Å²) in [5.74, 6) is 0.550. The molecule has 1 fully saturated rings. The molecule has 0 aromatic carbocycles. The molecule has 0 aliphatic carbocycles. The van der Waals surface area contributed by atoms with Crippen LogP contribution in [0.3, 0.4) is 0 Å². The van der Waals surface area contributed by atoms with Gasteiger partial charge in [0.05, 0.1) is 31.7 Å². The lowest BCUT2D eigenvalue weighted by molar-refractivity contribution is -0.100. The zero-order valence-electron chi connectivity index (χ0n) is 32.5. The molecule has 5 N–H and O–H groups in total. The van der Waals surface area contributed by atoms with Crippen molar-refractivity contribution in [3.05, 3.63) is 48.2 Å². The summed E-state index contributed by atoms with van der Waals surface area (Å²) in [4.78, 5) is 18.6. The maximum atomic E-state index is 13.0. The first-order chi connectivity index (χ1) is 26.6. The average Bonchev–Trinajstić information content (AvgIpc) is 3.71. The Hall–Kier alpha value is -3.19. The van der Waals surface area contributed by atoms with E-state index in [1.54, 1.807) is 18.2 Å². The molecule has 0 amide bonds. The second-order valence-corrected chi connectivity index (χ2v) is 16.1. The van der Waals surface area contributed by atoms with E-state index in [2.05, 4.69) is 22.0 Å². The van der Waals surface area contributed by atoms with Crippen molar-refractivity contribution in [2.45, 2.75) is 147 Å². The number of rotatable bonds is 28. The predicted molar refractivity (Wildman–Crippen MR) is 207 cm³/mol. The van der Waals surface area contributed by atoms with Crippen LogP contribution in [0.1, 0.15) is 134 Å². The van der Waals surface area contributed by atoms with Crippen molar-refractivity contribution in [1.29, 1.82) is 5.26 Å². The molecule has 0 radical (unpaired) electrons. The van der Waals surface area contributed by atoms with E-state index < -0.39 is 44.4 Å². The van der Waals surface area contributed by atoms with Crippen LogP contribution in [-0.2, 0) is 23.1 Å². The van der Waals surface area contributed by atoms with Crippen LogP contribution in [0, 0.1) is 11.3 Å². The third-order valence-electron chi connectivity index (χ3n) is 10.00. The maximum absolute atomic E-state index is 13.0. The summed E-state index contributed by atoms with van der Waals surface area (Å²) in [7, 11) is -4.72. The largest absolute Gasteiger partial charge is 0.484 e. The number of ether oxygens (including phenoxy) is 3. The summed E-state index contributed by atoms with van der Waals surface area (Å²) in [5.41, 5.74) is 5.44. The quantitative estimate of drug-likeness (QED) is 0.0431. The molecule has 0 spiro atoms. The van der Waals surface area contributed by atoms with E-state index >= 15 is 0 Å². The Bertz CT molecular complexity index is 1640. The normalized spacial score (nSPS) is 21.4. The molecule has 1 unspecified atom stereocenters. The zero-order valence-corrected chi connectivity index (χ0v) is 33.4. The van der Waals surface area contributed by atoms with Crippen molar-refractivity contribution in [2.24, 2.45) is 0 Å². The number of pyridine rings is 1. The second-order valence-electron chi connectivity index (χ2n) is 14.6. The molecule has 1 aliphatic rings. The number of unbranched alkanes of at least 4 members (excludes halogenated alkanes) is 15. The Labute approximate surface area is 325 Å². The number of phosphoric ester groups is 1. The standard InChI is InChI=1S/C39H61N6O9P/c1-3-4-5-6-7-8-9-10-11-12-13-14-15-16-17-18-23-50-26-32(53-31-20-19-30(24-40)42-25-31)27-51-55(48,49)52-28-39(2)37(47)35(46)36(54-39)33-21-22-34-38(41)43-29-44-45(33)34/h19-22,25,29,32,35-37,46-47H,3-18,23,26-28H2,1-2H3,(H,48,49)(H2,41,43,44)/t32-,35-,36-,37-,39+/m0/s1. The van der Waals surface area contributed by atoms with Crippen molar-refractivity contribution in [1.82, 2.24) is 19.6 Å². The number of aliphatic hydroxyl groups is 2. The summed E-state index contributed by atoms with van der Waals surface area (Å²) in [6.07, 6.45) is 18.3. The van der Waals surface area contributed by atoms with E-state index in [0.717, 1.165) is 19.3 Å². The Kier molecular flexibility index (Phi) is 18.7. The molecule has 3 aromatic rings. The summed E-state index contributed by atoms with van der Waals surface area (Å²) >= 11 is 0. The zero-order chi connectivity index (χ0) is 39.5. The lowest BCUT2D eigenvalue weighted by atomic mass is 9.97. The van der Waals surface area contributed by atoms with Gasteiger partial charge in [0.2, 0.25) is 0 Å². The third kappa shape index (κ3) is 14.4. The maximum Gasteiger partial charge on any atom is 0.472 e. The minimum Gasteiger partial charge on any atom is -0.484 e. The Morgan fingerprint density at radius 2 is 1.56 bits per heavy atom. The number of aliphatic hydroxyl groups excluding tert-OH is 2. The summed E-state index contributed by atoms with van der Waals surface area (Å²) < 4.78 is 42.9. The van der Waals surface area contributed by atoms with E-state index in [4.69, 9.17) is 34.3 Å². The van der Waals surface area contributed by atoms with Crippen molar-refractivity contribution >= 4 is 19.2 Å². The molecular formula is C39H61N6O9P. The van der Waals surface area contributed by atoms with Gasteiger partial charge in [-0.3, -0.25) is 9.05 Å². The number of hydrogen-bond donors (Lipinski definition) is 4. The molecular weight excluding hydrogens is 727 g/mol. The van der Waals surface area contributed by atoms with Gasteiger partial charge in [-0.1, -0.05) is 103 Å².